The Kier molecular flexibility index (Phi) is 5.97. The Hall–Kier alpha value is -1.40. The van der Waals surface area contributed by atoms with Gasteiger partial charge in [0, 0.05) is 18.2 Å². The molecule has 0 heterocycles. The average molecular weight is 324 g/mol. The predicted octanol–water partition coefficient (Wildman–Crippen LogP) is 2.44. The van der Waals surface area contributed by atoms with Crippen LogP contribution in [0.15, 0.2) is 29.2 Å². The molecule has 0 aliphatic heterocycles. The van der Waals surface area contributed by atoms with Crippen molar-refractivity contribution in [3.63, 3.8) is 0 Å². The molecule has 0 bridgehead atoms. The van der Waals surface area contributed by atoms with Crippen LogP contribution in [0, 0.1) is 0 Å². The predicted molar refractivity (Wildman–Crippen MR) is 86.3 cm³/mol. The minimum atomic E-state index is -3.57. The third-order valence-corrected chi connectivity index (χ3v) is 5.39. The molecule has 1 aromatic rings. The molecule has 2 rings (SSSR count). The third kappa shape index (κ3) is 4.55. The van der Waals surface area contributed by atoms with Crippen molar-refractivity contribution in [2.75, 3.05) is 6.54 Å². The van der Waals surface area contributed by atoms with Crippen LogP contribution in [-0.2, 0) is 10.0 Å². The van der Waals surface area contributed by atoms with Gasteiger partial charge >= 0.3 is 0 Å². The van der Waals surface area contributed by atoms with Gasteiger partial charge in [0.15, 0.2) is 0 Å². The summed E-state index contributed by atoms with van der Waals surface area (Å²) in [6, 6.07) is 6.22. The van der Waals surface area contributed by atoms with Crippen LogP contribution in [0.2, 0.25) is 0 Å². The number of nitrogens with one attached hydrogen (secondary N) is 2. The van der Waals surface area contributed by atoms with Gasteiger partial charge in [-0.05, 0) is 37.5 Å². The molecule has 0 atom stereocenters. The van der Waals surface area contributed by atoms with Gasteiger partial charge in [0.2, 0.25) is 10.0 Å². The van der Waals surface area contributed by atoms with Crippen LogP contribution in [0.25, 0.3) is 0 Å². The van der Waals surface area contributed by atoms with E-state index in [2.05, 4.69) is 10.0 Å². The fourth-order valence-electron chi connectivity index (χ4n) is 2.65. The SMILES string of the molecule is CCCNC(=O)c1cccc(S(=O)(=O)NC2CCCCC2)c1. The molecular weight excluding hydrogens is 300 g/mol. The highest BCUT2D eigenvalue weighted by Gasteiger charge is 2.22. The molecule has 0 saturated heterocycles. The van der Waals surface area contributed by atoms with E-state index in [0.29, 0.717) is 12.1 Å². The largest absolute Gasteiger partial charge is 0.352 e. The minimum absolute atomic E-state index is 0.0105. The molecule has 5 nitrogen and oxygen atoms in total. The fraction of sp³-hybridized carbons (Fsp3) is 0.562. The van der Waals surface area contributed by atoms with E-state index in [9.17, 15) is 13.2 Å². The van der Waals surface area contributed by atoms with Crippen LogP contribution in [0.1, 0.15) is 55.8 Å². The van der Waals surface area contributed by atoms with Gasteiger partial charge in [0.1, 0.15) is 0 Å². The average Bonchev–Trinajstić information content (AvgIpc) is 2.53. The summed E-state index contributed by atoms with van der Waals surface area (Å²) in [6.45, 7) is 2.55. The number of hydrogen-bond acceptors (Lipinski definition) is 3. The van der Waals surface area contributed by atoms with Crippen molar-refractivity contribution >= 4 is 15.9 Å². The topological polar surface area (TPSA) is 75.3 Å². The molecule has 1 amide bonds. The summed E-state index contributed by atoms with van der Waals surface area (Å²) in [7, 11) is -3.57. The summed E-state index contributed by atoms with van der Waals surface area (Å²) < 4.78 is 27.7. The Bertz CT molecular complexity index is 608. The second kappa shape index (κ2) is 7.74. The van der Waals surface area contributed by atoms with Crippen LogP contribution >= 0.6 is 0 Å². The van der Waals surface area contributed by atoms with Gasteiger partial charge in [-0.3, -0.25) is 4.79 Å². The van der Waals surface area contributed by atoms with Crippen LogP contribution in [-0.4, -0.2) is 26.9 Å². The number of benzene rings is 1. The molecule has 1 saturated carbocycles. The highest BCUT2D eigenvalue weighted by molar-refractivity contribution is 7.89. The number of amides is 1. The van der Waals surface area contributed by atoms with E-state index in [1.165, 1.54) is 18.6 Å². The number of rotatable bonds is 6. The van der Waals surface area contributed by atoms with Crippen LogP contribution in [0.4, 0.5) is 0 Å². The molecule has 0 spiro atoms. The minimum Gasteiger partial charge on any atom is -0.352 e. The Labute approximate surface area is 132 Å². The zero-order valence-corrected chi connectivity index (χ0v) is 13.8. The zero-order valence-electron chi connectivity index (χ0n) is 13.0. The Morgan fingerprint density at radius 2 is 1.95 bits per heavy atom. The number of hydrogen-bond donors (Lipinski definition) is 2. The van der Waals surface area contributed by atoms with E-state index >= 15 is 0 Å². The summed E-state index contributed by atoms with van der Waals surface area (Å²) in [4.78, 5) is 12.1. The number of carbonyl (C=O) groups excluding carboxylic acids is 1. The first-order chi connectivity index (χ1) is 10.5. The van der Waals surface area contributed by atoms with Crippen molar-refractivity contribution < 1.29 is 13.2 Å². The Morgan fingerprint density at radius 3 is 2.64 bits per heavy atom. The molecule has 6 heteroatoms. The standard InChI is InChI=1S/C16H24N2O3S/c1-2-11-17-16(19)13-7-6-10-15(12-13)22(20,21)18-14-8-4-3-5-9-14/h6-7,10,12,14,18H,2-5,8-9,11H2,1H3,(H,17,19). The molecule has 1 aliphatic carbocycles. The molecule has 0 radical (unpaired) electrons. The molecule has 2 N–H and O–H groups in total. The molecule has 122 valence electrons. The summed E-state index contributed by atoms with van der Waals surface area (Å²) in [5.74, 6) is -0.239. The van der Waals surface area contributed by atoms with Crippen LogP contribution < -0.4 is 10.0 Å². The first kappa shape index (κ1) is 17.0. The summed E-state index contributed by atoms with van der Waals surface area (Å²) in [5.41, 5.74) is 0.375. The molecule has 22 heavy (non-hydrogen) atoms. The maximum atomic E-state index is 12.4. The van der Waals surface area contributed by atoms with Gasteiger partial charge in [-0.2, -0.15) is 0 Å². The Morgan fingerprint density at radius 1 is 1.23 bits per heavy atom. The van der Waals surface area contributed by atoms with E-state index in [0.717, 1.165) is 32.1 Å². The first-order valence-corrected chi connectivity index (χ1v) is 9.42. The summed E-state index contributed by atoms with van der Waals surface area (Å²) in [6.07, 6.45) is 5.91. The first-order valence-electron chi connectivity index (χ1n) is 7.93. The maximum absolute atomic E-state index is 12.4. The molecular formula is C16H24N2O3S. The monoisotopic (exact) mass is 324 g/mol. The fourth-order valence-corrected chi connectivity index (χ4v) is 4.00. The zero-order chi connectivity index (χ0) is 16.0. The maximum Gasteiger partial charge on any atom is 0.251 e. The normalized spacial score (nSPS) is 16.4. The summed E-state index contributed by atoms with van der Waals surface area (Å²) in [5, 5.41) is 2.75. The van der Waals surface area contributed by atoms with Gasteiger partial charge in [-0.1, -0.05) is 32.3 Å². The lowest BCUT2D eigenvalue weighted by Crippen LogP contribution is -2.36. The van der Waals surface area contributed by atoms with Gasteiger partial charge < -0.3 is 5.32 Å². The quantitative estimate of drug-likeness (QED) is 0.844. The lowest BCUT2D eigenvalue weighted by atomic mass is 9.96. The van der Waals surface area contributed by atoms with Crippen molar-refractivity contribution in [1.29, 1.82) is 0 Å². The van der Waals surface area contributed by atoms with Gasteiger partial charge in [0.25, 0.3) is 5.91 Å². The lowest BCUT2D eigenvalue weighted by molar-refractivity contribution is 0.0953. The number of sulfonamides is 1. The number of carbonyl (C=O) groups is 1. The van der Waals surface area contributed by atoms with Crippen molar-refractivity contribution in [1.82, 2.24) is 10.0 Å². The molecule has 0 aromatic heterocycles. The molecule has 0 unspecified atom stereocenters. The second-order valence-electron chi connectivity index (χ2n) is 5.74. The van der Waals surface area contributed by atoms with Crippen LogP contribution in [0.3, 0.4) is 0 Å². The van der Waals surface area contributed by atoms with E-state index in [1.807, 2.05) is 6.92 Å². The van der Waals surface area contributed by atoms with Gasteiger partial charge in [-0.15, -0.1) is 0 Å². The van der Waals surface area contributed by atoms with E-state index < -0.39 is 10.0 Å². The molecule has 1 fully saturated rings. The van der Waals surface area contributed by atoms with E-state index in [4.69, 9.17) is 0 Å². The lowest BCUT2D eigenvalue weighted by Gasteiger charge is -2.22. The smallest absolute Gasteiger partial charge is 0.251 e. The van der Waals surface area contributed by atoms with Gasteiger partial charge in [0.05, 0.1) is 4.90 Å². The third-order valence-electron chi connectivity index (χ3n) is 3.87. The highest BCUT2D eigenvalue weighted by atomic mass is 32.2. The molecule has 1 aromatic carbocycles. The van der Waals surface area contributed by atoms with Crippen molar-refractivity contribution in [3.8, 4) is 0 Å². The van der Waals surface area contributed by atoms with Crippen molar-refractivity contribution in [3.05, 3.63) is 29.8 Å². The Balaban J connectivity index is 2.11. The summed E-state index contributed by atoms with van der Waals surface area (Å²) >= 11 is 0. The van der Waals surface area contributed by atoms with Crippen LogP contribution in [0.5, 0.6) is 0 Å². The van der Waals surface area contributed by atoms with E-state index in [-0.39, 0.29) is 16.8 Å². The molecule has 1 aliphatic rings. The second-order valence-corrected chi connectivity index (χ2v) is 7.45. The van der Waals surface area contributed by atoms with Gasteiger partial charge in [-0.25, -0.2) is 13.1 Å². The van der Waals surface area contributed by atoms with E-state index in [1.54, 1.807) is 12.1 Å². The van der Waals surface area contributed by atoms with Crippen molar-refractivity contribution in [2.45, 2.75) is 56.4 Å². The highest BCUT2D eigenvalue weighted by Crippen LogP contribution is 2.20. The van der Waals surface area contributed by atoms with Crippen molar-refractivity contribution in [2.24, 2.45) is 0 Å².